The Labute approximate surface area is 167 Å². The molecule has 1 aromatic heterocycles. The first-order chi connectivity index (χ1) is 12.5. The number of fused-ring (bicyclic) bond motifs is 1. The van der Waals surface area contributed by atoms with Crippen molar-refractivity contribution in [2.75, 3.05) is 13.2 Å². The number of aryl methyl sites for hydroxylation is 3. The van der Waals surface area contributed by atoms with Crippen molar-refractivity contribution in [2.24, 2.45) is 0 Å². The van der Waals surface area contributed by atoms with Crippen molar-refractivity contribution in [1.29, 1.82) is 0 Å². The second-order valence-corrected chi connectivity index (χ2v) is 7.03. The van der Waals surface area contributed by atoms with Crippen molar-refractivity contribution in [3.63, 3.8) is 0 Å². The molecule has 0 fully saturated rings. The fraction of sp³-hybridized carbons (Fsp3) is 0.500. The third kappa shape index (κ3) is 5.71. The van der Waals surface area contributed by atoms with Gasteiger partial charge in [0.25, 0.3) is 0 Å². The maximum Gasteiger partial charge on any atom is 0.220 e. The Morgan fingerprint density at radius 1 is 1.37 bits per heavy atom. The molecule has 0 aliphatic carbocycles. The van der Waals surface area contributed by atoms with Crippen molar-refractivity contribution in [3.8, 4) is 5.75 Å². The molecule has 0 radical (unpaired) electrons. The predicted molar refractivity (Wildman–Crippen MR) is 109 cm³/mol. The van der Waals surface area contributed by atoms with E-state index in [-0.39, 0.29) is 24.4 Å². The molecule has 0 saturated carbocycles. The molecular formula is C20H29ClN4O2. The zero-order valence-electron chi connectivity index (χ0n) is 16.2. The van der Waals surface area contributed by atoms with Crippen molar-refractivity contribution < 1.29 is 9.53 Å². The van der Waals surface area contributed by atoms with Crippen LogP contribution in [-0.4, -0.2) is 34.9 Å². The molecule has 6 nitrogen and oxygen atoms in total. The number of hydrogen-bond donors (Lipinski definition) is 2. The molecule has 148 valence electrons. The Bertz CT molecular complexity index is 732. The zero-order chi connectivity index (χ0) is 18.5. The van der Waals surface area contributed by atoms with Crippen LogP contribution in [0.4, 0.5) is 0 Å². The molecule has 1 aliphatic heterocycles. The maximum atomic E-state index is 12.2. The number of amides is 1. The topological polar surface area (TPSA) is 68.2 Å². The summed E-state index contributed by atoms with van der Waals surface area (Å²) >= 11 is 0. The van der Waals surface area contributed by atoms with Crippen LogP contribution in [0.5, 0.6) is 5.75 Å². The molecule has 2 N–H and O–H groups in total. The van der Waals surface area contributed by atoms with Crippen LogP contribution in [0.3, 0.4) is 0 Å². The van der Waals surface area contributed by atoms with Crippen LogP contribution in [0.2, 0.25) is 0 Å². The average molecular weight is 393 g/mol. The van der Waals surface area contributed by atoms with Gasteiger partial charge < -0.3 is 15.4 Å². The van der Waals surface area contributed by atoms with E-state index in [2.05, 4.69) is 21.8 Å². The minimum absolute atomic E-state index is 0. The van der Waals surface area contributed by atoms with Crippen LogP contribution in [0.25, 0.3) is 0 Å². The highest BCUT2D eigenvalue weighted by Gasteiger charge is 2.14. The summed E-state index contributed by atoms with van der Waals surface area (Å²) in [6.07, 6.45) is 1.11. The van der Waals surface area contributed by atoms with Crippen molar-refractivity contribution >= 4 is 18.3 Å². The van der Waals surface area contributed by atoms with Crippen LogP contribution >= 0.6 is 12.4 Å². The number of carbonyl (C=O) groups is 1. The fourth-order valence-corrected chi connectivity index (χ4v) is 3.24. The van der Waals surface area contributed by atoms with Crippen molar-refractivity contribution in [1.82, 2.24) is 20.4 Å². The van der Waals surface area contributed by atoms with E-state index in [0.717, 1.165) is 42.2 Å². The monoisotopic (exact) mass is 392 g/mol. The van der Waals surface area contributed by atoms with E-state index >= 15 is 0 Å². The molecular weight excluding hydrogens is 364 g/mol. The largest absolute Gasteiger partial charge is 0.491 e. The van der Waals surface area contributed by atoms with Crippen LogP contribution in [-0.2, 0) is 24.3 Å². The molecule has 1 unspecified atom stereocenters. The third-order valence-corrected chi connectivity index (χ3v) is 4.62. The number of para-hydroxylation sites is 1. The summed E-state index contributed by atoms with van der Waals surface area (Å²) in [5.41, 5.74) is 4.41. The van der Waals surface area contributed by atoms with Crippen molar-refractivity contribution in [2.45, 2.75) is 52.7 Å². The molecule has 7 heteroatoms. The number of nitrogens with one attached hydrogen (secondary N) is 2. The normalized spacial score (nSPS) is 14.0. The van der Waals surface area contributed by atoms with Gasteiger partial charge in [0.15, 0.2) is 0 Å². The molecule has 1 amide bonds. The molecule has 0 saturated heterocycles. The number of hydrogen-bond acceptors (Lipinski definition) is 4. The molecule has 0 bridgehead atoms. The Kier molecular flexibility index (Phi) is 7.68. The van der Waals surface area contributed by atoms with E-state index in [0.29, 0.717) is 19.4 Å². The van der Waals surface area contributed by atoms with Crippen LogP contribution in [0.1, 0.15) is 35.9 Å². The van der Waals surface area contributed by atoms with Crippen LogP contribution in [0, 0.1) is 13.8 Å². The molecule has 1 aromatic carbocycles. The molecule has 27 heavy (non-hydrogen) atoms. The quantitative estimate of drug-likeness (QED) is 0.759. The van der Waals surface area contributed by atoms with Gasteiger partial charge in [0.2, 0.25) is 5.91 Å². The number of rotatable bonds is 7. The SMILES string of the molecule is Cc1cccc(C)c1OCC(C)NC(=O)CCc1cc2n(n1)CCNC2.Cl. The van der Waals surface area contributed by atoms with E-state index in [9.17, 15) is 4.79 Å². The molecule has 3 rings (SSSR count). The highest BCUT2D eigenvalue weighted by Crippen LogP contribution is 2.22. The molecule has 1 atom stereocenters. The van der Waals surface area contributed by atoms with E-state index in [1.54, 1.807) is 0 Å². The molecule has 2 heterocycles. The van der Waals surface area contributed by atoms with Gasteiger partial charge in [-0.2, -0.15) is 5.10 Å². The number of nitrogens with zero attached hydrogens (tertiary/aromatic N) is 2. The number of halogens is 1. The minimum Gasteiger partial charge on any atom is -0.491 e. The van der Waals surface area contributed by atoms with Gasteiger partial charge in [-0.3, -0.25) is 9.48 Å². The van der Waals surface area contributed by atoms with Gasteiger partial charge >= 0.3 is 0 Å². The number of benzene rings is 1. The summed E-state index contributed by atoms with van der Waals surface area (Å²) in [5.74, 6) is 0.942. The lowest BCUT2D eigenvalue weighted by atomic mass is 10.1. The van der Waals surface area contributed by atoms with E-state index in [1.807, 2.05) is 43.7 Å². The second kappa shape index (κ2) is 9.76. The van der Waals surface area contributed by atoms with E-state index in [4.69, 9.17) is 4.74 Å². The van der Waals surface area contributed by atoms with Gasteiger partial charge in [-0.05, 0) is 38.0 Å². The lowest BCUT2D eigenvalue weighted by Crippen LogP contribution is -2.37. The van der Waals surface area contributed by atoms with Crippen molar-refractivity contribution in [3.05, 3.63) is 46.8 Å². The smallest absolute Gasteiger partial charge is 0.220 e. The number of aromatic nitrogens is 2. The van der Waals surface area contributed by atoms with Crippen LogP contribution < -0.4 is 15.4 Å². The van der Waals surface area contributed by atoms with Gasteiger partial charge in [-0.25, -0.2) is 0 Å². The lowest BCUT2D eigenvalue weighted by molar-refractivity contribution is -0.121. The maximum absolute atomic E-state index is 12.2. The highest BCUT2D eigenvalue weighted by atomic mass is 35.5. The molecule has 0 spiro atoms. The third-order valence-electron chi connectivity index (χ3n) is 4.62. The van der Waals surface area contributed by atoms with E-state index < -0.39 is 0 Å². The van der Waals surface area contributed by atoms with Gasteiger partial charge in [0.05, 0.1) is 24.0 Å². The average Bonchev–Trinajstić information content (AvgIpc) is 3.02. The van der Waals surface area contributed by atoms with E-state index in [1.165, 1.54) is 5.69 Å². The predicted octanol–water partition coefficient (Wildman–Crippen LogP) is 2.54. The summed E-state index contributed by atoms with van der Waals surface area (Å²) in [4.78, 5) is 12.2. The Morgan fingerprint density at radius 3 is 2.81 bits per heavy atom. The molecule has 2 aromatic rings. The van der Waals surface area contributed by atoms with Gasteiger partial charge in [-0.15, -0.1) is 12.4 Å². The summed E-state index contributed by atoms with van der Waals surface area (Å²) in [6, 6.07) is 8.14. The zero-order valence-corrected chi connectivity index (χ0v) is 17.1. The minimum atomic E-state index is -0.0408. The Balaban J connectivity index is 0.00000261. The standard InChI is InChI=1S/C20H28N4O2.ClH/c1-14-5-4-6-15(2)20(14)26-13-16(3)22-19(25)8-7-17-11-18-12-21-9-10-24(18)23-17;/h4-6,11,16,21H,7-10,12-13H2,1-3H3,(H,22,25);1H. The molecule has 1 aliphatic rings. The number of ether oxygens (including phenoxy) is 1. The first-order valence-corrected chi connectivity index (χ1v) is 9.27. The first-order valence-electron chi connectivity index (χ1n) is 9.27. The lowest BCUT2D eigenvalue weighted by Gasteiger charge is -2.17. The summed E-state index contributed by atoms with van der Waals surface area (Å²) in [6.45, 7) is 9.19. The number of carbonyl (C=O) groups excluding carboxylic acids is 1. The van der Waals surface area contributed by atoms with Gasteiger partial charge in [-0.1, -0.05) is 18.2 Å². The Hall–Kier alpha value is -2.05. The van der Waals surface area contributed by atoms with Gasteiger partial charge in [0, 0.05) is 25.9 Å². The fourth-order valence-electron chi connectivity index (χ4n) is 3.24. The Morgan fingerprint density at radius 2 is 2.11 bits per heavy atom. The van der Waals surface area contributed by atoms with Crippen LogP contribution in [0.15, 0.2) is 24.3 Å². The second-order valence-electron chi connectivity index (χ2n) is 7.03. The van der Waals surface area contributed by atoms with Gasteiger partial charge in [0.1, 0.15) is 12.4 Å². The highest BCUT2D eigenvalue weighted by molar-refractivity contribution is 5.85. The first kappa shape index (κ1) is 21.3. The summed E-state index contributed by atoms with van der Waals surface area (Å²) in [5, 5.41) is 10.9. The summed E-state index contributed by atoms with van der Waals surface area (Å²) < 4.78 is 7.94. The summed E-state index contributed by atoms with van der Waals surface area (Å²) in [7, 11) is 0.